The summed E-state index contributed by atoms with van der Waals surface area (Å²) in [5.74, 6) is 0.660. The number of phenols is 1. The van der Waals surface area contributed by atoms with Crippen LogP contribution in [0.15, 0.2) is 18.2 Å². The second-order valence-corrected chi connectivity index (χ2v) is 7.93. The number of piperidine rings is 1. The van der Waals surface area contributed by atoms with Gasteiger partial charge < -0.3 is 19.5 Å². The first-order chi connectivity index (χ1) is 11.1. The molecule has 1 saturated carbocycles. The van der Waals surface area contributed by atoms with Gasteiger partial charge in [0.2, 0.25) is 0 Å². The van der Waals surface area contributed by atoms with E-state index in [1.54, 1.807) is 0 Å². The Morgan fingerprint density at radius 3 is 2.87 bits per heavy atom. The molecule has 4 aliphatic rings. The minimum Gasteiger partial charge on any atom is -0.508 e. The Bertz CT molecular complexity index is 640. The molecule has 1 spiro atoms. The zero-order valence-corrected chi connectivity index (χ0v) is 13.8. The number of likely N-dealkylation sites (N-methyl/N-ethyl adjacent to an activating group) is 1. The van der Waals surface area contributed by atoms with Crippen LogP contribution in [-0.4, -0.2) is 48.6 Å². The molecule has 4 heteroatoms. The summed E-state index contributed by atoms with van der Waals surface area (Å²) in [6.45, 7) is 2.56. The van der Waals surface area contributed by atoms with Crippen LogP contribution < -0.4 is 0 Å². The summed E-state index contributed by atoms with van der Waals surface area (Å²) in [5, 5.41) is 10.1. The molecular weight excluding hydrogens is 290 g/mol. The molecule has 1 N–H and O–H groups in total. The van der Waals surface area contributed by atoms with Crippen molar-refractivity contribution in [1.82, 2.24) is 4.90 Å². The van der Waals surface area contributed by atoms with Gasteiger partial charge in [0.1, 0.15) is 5.75 Å². The van der Waals surface area contributed by atoms with Gasteiger partial charge in [0.15, 0.2) is 5.79 Å². The first-order valence-electron chi connectivity index (χ1n) is 8.93. The standard InChI is InChI=1S/C19H25NO3/c1-20-7-6-18-12-19(22-8-9-23-19)5-4-15(18)17(20)10-13-2-3-14(21)11-16(13)18/h2-3,11,15,17,21H,4-10,12H2,1H3. The van der Waals surface area contributed by atoms with E-state index >= 15 is 0 Å². The maximum Gasteiger partial charge on any atom is 0.169 e. The van der Waals surface area contributed by atoms with Gasteiger partial charge in [-0.3, -0.25) is 0 Å². The maximum absolute atomic E-state index is 10.1. The van der Waals surface area contributed by atoms with Gasteiger partial charge in [-0.2, -0.15) is 0 Å². The molecule has 2 aliphatic heterocycles. The highest BCUT2D eigenvalue weighted by atomic mass is 16.7. The van der Waals surface area contributed by atoms with Gasteiger partial charge in [0.05, 0.1) is 13.2 Å². The Morgan fingerprint density at radius 1 is 1.22 bits per heavy atom. The van der Waals surface area contributed by atoms with E-state index in [1.807, 2.05) is 12.1 Å². The Kier molecular flexibility index (Phi) is 2.92. The van der Waals surface area contributed by atoms with E-state index in [4.69, 9.17) is 9.47 Å². The zero-order valence-electron chi connectivity index (χ0n) is 13.8. The third-order valence-corrected chi connectivity index (χ3v) is 6.94. The lowest BCUT2D eigenvalue weighted by Gasteiger charge is -2.60. The lowest BCUT2D eigenvalue weighted by Crippen LogP contribution is -2.63. The highest BCUT2D eigenvalue weighted by Crippen LogP contribution is 2.59. The lowest BCUT2D eigenvalue weighted by molar-refractivity contribution is -0.212. The number of phenolic OH excluding ortho intramolecular Hbond substituents is 1. The summed E-state index contributed by atoms with van der Waals surface area (Å²) in [6, 6.07) is 6.61. The fourth-order valence-electron chi connectivity index (χ4n) is 5.94. The van der Waals surface area contributed by atoms with Gasteiger partial charge in [-0.25, -0.2) is 0 Å². The highest BCUT2D eigenvalue weighted by Gasteiger charge is 2.60. The van der Waals surface area contributed by atoms with Crippen LogP contribution in [-0.2, 0) is 21.3 Å². The van der Waals surface area contributed by atoms with Crippen LogP contribution in [0.25, 0.3) is 0 Å². The second kappa shape index (κ2) is 4.71. The number of hydrogen-bond acceptors (Lipinski definition) is 4. The molecule has 23 heavy (non-hydrogen) atoms. The Morgan fingerprint density at radius 2 is 2.04 bits per heavy atom. The molecule has 2 aliphatic carbocycles. The van der Waals surface area contributed by atoms with Gasteiger partial charge in [-0.05, 0) is 62.0 Å². The van der Waals surface area contributed by atoms with Crippen LogP contribution in [0, 0.1) is 5.92 Å². The molecule has 1 aromatic rings. The van der Waals surface area contributed by atoms with Crippen LogP contribution in [0.1, 0.15) is 36.8 Å². The van der Waals surface area contributed by atoms with Gasteiger partial charge in [-0.15, -0.1) is 0 Å². The molecule has 2 bridgehead atoms. The summed E-state index contributed by atoms with van der Waals surface area (Å²) in [4.78, 5) is 2.55. The van der Waals surface area contributed by atoms with Gasteiger partial charge in [-0.1, -0.05) is 6.07 Å². The Hall–Kier alpha value is -1.10. The van der Waals surface area contributed by atoms with Gasteiger partial charge in [0, 0.05) is 24.3 Å². The van der Waals surface area contributed by atoms with Gasteiger partial charge >= 0.3 is 0 Å². The fourth-order valence-corrected chi connectivity index (χ4v) is 5.94. The molecule has 2 saturated heterocycles. The number of hydrogen-bond donors (Lipinski definition) is 1. The molecule has 3 unspecified atom stereocenters. The van der Waals surface area contributed by atoms with E-state index in [1.165, 1.54) is 11.1 Å². The van der Waals surface area contributed by atoms with Crippen molar-refractivity contribution in [2.24, 2.45) is 5.92 Å². The minimum atomic E-state index is -0.378. The molecule has 3 atom stereocenters. The topological polar surface area (TPSA) is 41.9 Å². The van der Waals surface area contributed by atoms with Crippen molar-refractivity contribution in [1.29, 1.82) is 0 Å². The number of fused-ring (bicyclic) bond motifs is 1. The van der Waals surface area contributed by atoms with Crippen LogP contribution in [0.2, 0.25) is 0 Å². The smallest absolute Gasteiger partial charge is 0.169 e. The number of ether oxygens (including phenoxy) is 2. The average Bonchev–Trinajstić information content (AvgIpc) is 2.99. The first-order valence-corrected chi connectivity index (χ1v) is 8.93. The summed E-state index contributed by atoms with van der Waals surface area (Å²) in [6.07, 6.45) is 5.36. The van der Waals surface area contributed by atoms with Crippen LogP contribution in [0.5, 0.6) is 5.75 Å². The number of aromatic hydroxyl groups is 1. The van der Waals surface area contributed by atoms with Crippen LogP contribution >= 0.6 is 0 Å². The summed E-state index contributed by atoms with van der Waals surface area (Å²) < 4.78 is 12.2. The molecule has 0 radical (unpaired) electrons. The summed E-state index contributed by atoms with van der Waals surface area (Å²) in [7, 11) is 2.27. The Labute approximate surface area is 137 Å². The Balaban J connectivity index is 1.66. The number of rotatable bonds is 0. The lowest BCUT2D eigenvalue weighted by atomic mass is 9.51. The molecule has 1 aromatic carbocycles. The second-order valence-electron chi connectivity index (χ2n) is 7.93. The molecule has 3 fully saturated rings. The molecule has 0 aromatic heterocycles. The third kappa shape index (κ3) is 1.89. The van der Waals surface area contributed by atoms with Crippen LogP contribution in [0.3, 0.4) is 0 Å². The van der Waals surface area contributed by atoms with E-state index < -0.39 is 0 Å². The predicted octanol–water partition coefficient (Wildman–Crippen LogP) is 2.43. The van der Waals surface area contributed by atoms with E-state index in [-0.39, 0.29) is 11.2 Å². The van der Waals surface area contributed by atoms with Crippen molar-refractivity contribution in [2.75, 3.05) is 26.8 Å². The quantitative estimate of drug-likeness (QED) is 0.798. The van der Waals surface area contributed by atoms with E-state index in [9.17, 15) is 5.11 Å². The third-order valence-electron chi connectivity index (χ3n) is 6.94. The molecular formula is C19H25NO3. The van der Waals surface area contributed by atoms with Crippen molar-refractivity contribution in [3.05, 3.63) is 29.3 Å². The van der Waals surface area contributed by atoms with Gasteiger partial charge in [0.25, 0.3) is 0 Å². The van der Waals surface area contributed by atoms with Crippen LogP contribution in [0.4, 0.5) is 0 Å². The van der Waals surface area contributed by atoms with E-state index in [0.29, 0.717) is 17.7 Å². The fraction of sp³-hybridized carbons (Fsp3) is 0.684. The van der Waals surface area contributed by atoms with Crippen molar-refractivity contribution in [3.8, 4) is 5.75 Å². The monoisotopic (exact) mass is 315 g/mol. The largest absolute Gasteiger partial charge is 0.508 e. The van der Waals surface area contributed by atoms with Crippen molar-refractivity contribution in [3.63, 3.8) is 0 Å². The molecule has 4 nitrogen and oxygen atoms in total. The normalized spacial score (nSPS) is 38.3. The zero-order chi connectivity index (χ0) is 15.7. The first kappa shape index (κ1) is 14.3. The molecule has 5 rings (SSSR count). The SMILES string of the molecule is CN1CCC23CC4(CCC2C1Cc1ccc(O)cc13)OCCO4. The van der Waals surface area contributed by atoms with Crippen molar-refractivity contribution < 1.29 is 14.6 Å². The minimum absolute atomic E-state index is 0.103. The molecule has 2 heterocycles. The maximum atomic E-state index is 10.1. The van der Waals surface area contributed by atoms with Crippen molar-refractivity contribution >= 4 is 0 Å². The van der Waals surface area contributed by atoms with E-state index in [0.717, 1.165) is 51.9 Å². The average molecular weight is 315 g/mol. The number of benzene rings is 1. The predicted molar refractivity (Wildman–Crippen MR) is 86.5 cm³/mol. The highest BCUT2D eigenvalue weighted by molar-refractivity contribution is 5.45. The number of nitrogens with zero attached hydrogens (tertiary/aromatic N) is 1. The molecule has 124 valence electrons. The molecule has 0 amide bonds. The van der Waals surface area contributed by atoms with E-state index in [2.05, 4.69) is 18.0 Å². The summed E-state index contributed by atoms with van der Waals surface area (Å²) in [5.41, 5.74) is 2.88. The summed E-state index contributed by atoms with van der Waals surface area (Å²) >= 11 is 0. The van der Waals surface area contributed by atoms with Crippen molar-refractivity contribution in [2.45, 2.75) is 49.3 Å². The number of likely N-dealkylation sites (tertiary alicyclic amines) is 1.